The van der Waals surface area contributed by atoms with Crippen LogP contribution in [-0.2, 0) is 0 Å². The second-order valence-electron chi connectivity index (χ2n) is 4.30. The molecule has 0 aromatic heterocycles. The van der Waals surface area contributed by atoms with Gasteiger partial charge in [0, 0.05) is 6.54 Å². The lowest BCUT2D eigenvalue weighted by atomic mass is 10.0. The number of nitrogens with zero attached hydrogens (tertiary/aromatic N) is 1. The number of hydrogen-bond donors (Lipinski definition) is 0. The van der Waals surface area contributed by atoms with E-state index in [0.717, 1.165) is 19.6 Å². The SMILES string of the molecule is C=CC(C)CCC=C(C)CN(CC)CC. The van der Waals surface area contributed by atoms with Gasteiger partial charge < -0.3 is 0 Å². The van der Waals surface area contributed by atoms with Gasteiger partial charge in [-0.05, 0) is 38.8 Å². The lowest BCUT2D eigenvalue weighted by molar-refractivity contribution is 0.329. The van der Waals surface area contributed by atoms with E-state index in [4.69, 9.17) is 0 Å². The molecule has 0 spiro atoms. The van der Waals surface area contributed by atoms with Crippen LogP contribution in [0.2, 0.25) is 0 Å². The van der Waals surface area contributed by atoms with Gasteiger partial charge in [0.2, 0.25) is 0 Å². The highest BCUT2D eigenvalue weighted by Crippen LogP contribution is 2.08. The monoisotopic (exact) mass is 209 g/mol. The van der Waals surface area contributed by atoms with E-state index in [-0.39, 0.29) is 0 Å². The molecule has 0 amide bonds. The van der Waals surface area contributed by atoms with Crippen molar-refractivity contribution in [2.45, 2.75) is 40.5 Å². The Morgan fingerprint density at radius 3 is 2.40 bits per heavy atom. The highest BCUT2D eigenvalue weighted by atomic mass is 15.1. The maximum Gasteiger partial charge on any atom is 0.0189 e. The Hall–Kier alpha value is -0.560. The predicted molar refractivity (Wildman–Crippen MR) is 70.1 cm³/mol. The molecule has 0 aromatic carbocycles. The average Bonchev–Trinajstić information content (AvgIpc) is 2.25. The van der Waals surface area contributed by atoms with Gasteiger partial charge in [-0.2, -0.15) is 0 Å². The molecule has 0 fully saturated rings. The van der Waals surface area contributed by atoms with E-state index >= 15 is 0 Å². The second-order valence-corrected chi connectivity index (χ2v) is 4.30. The van der Waals surface area contributed by atoms with Crippen molar-refractivity contribution < 1.29 is 0 Å². The van der Waals surface area contributed by atoms with E-state index in [9.17, 15) is 0 Å². The van der Waals surface area contributed by atoms with Gasteiger partial charge in [0.25, 0.3) is 0 Å². The van der Waals surface area contributed by atoms with Gasteiger partial charge in [0.1, 0.15) is 0 Å². The molecule has 0 saturated heterocycles. The molecule has 0 aliphatic carbocycles. The van der Waals surface area contributed by atoms with E-state index in [1.165, 1.54) is 18.4 Å². The highest BCUT2D eigenvalue weighted by Gasteiger charge is 1.99. The van der Waals surface area contributed by atoms with Crippen LogP contribution in [0.4, 0.5) is 0 Å². The molecule has 0 saturated carbocycles. The number of hydrogen-bond acceptors (Lipinski definition) is 1. The highest BCUT2D eigenvalue weighted by molar-refractivity contribution is 5.00. The Labute approximate surface area is 95.9 Å². The summed E-state index contributed by atoms with van der Waals surface area (Å²) in [4.78, 5) is 2.45. The minimum Gasteiger partial charge on any atom is -0.300 e. The number of likely N-dealkylation sites (N-methyl/N-ethyl adjacent to an activating group) is 1. The fourth-order valence-corrected chi connectivity index (χ4v) is 1.57. The molecular weight excluding hydrogens is 182 g/mol. The Morgan fingerprint density at radius 2 is 1.93 bits per heavy atom. The molecule has 1 unspecified atom stereocenters. The van der Waals surface area contributed by atoms with Gasteiger partial charge in [-0.1, -0.05) is 38.5 Å². The summed E-state index contributed by atoms with van der Waals surface area (Å²) >= 11 is 0. The van der Waals surface area contributed by atoms with Gasteiger partial charge >= 0.3 is 0 Å². The van der Waals surface area contributed by atoms with Crippen LogP contribution in [-0.4, -0.2) is 24.5 Å². The van der Waals surface area contributed by atoms with Gasteiger partial charge in [0.05, 0.1) is 0 Å². The van der Waals surface area contributed by atoms with Crippen LogP contribution in [0.1, 0.15) is 40.5 Å². The van der Waals surface area contributed by atoms with Gasteiger partial charge in [-0.3, -0.25) is 4.90 Å². The molecule has 0 bridgehead atoms. The number of rotatable bonds is 8. The molecular formula is C14H27N. The minimum atomic E-state index is 0.641. The molecule has 0 aliphatic rings. The van der Waals surface area contributed by atoms with E-state index in [1.807, 2.05) is 6.08 Å². The number of allylic oxidation sites excluding steroid dienone is 2. The zero-order valence-electron chi connectivity index (χ0n) is 10.9. The van der Waals surface area contributed by atoms with E-state index in [1.54, 1.807) is 0 Å². The molecule has 0 radical (unpaired) electrons. The van der Waals surface area contributed by atoms with Gasteiger partial charge in [-0.25, -0.2) is 0 Å². The maximum atomic E-state index is 3.80. The van der Waals surface area contributed by atoms with Crippen LogP contribution in [0.25, 0.3) is 0 Å². The summed E-state index contributed by atoms with van der Waals surface area (Å²) in [7, 11) is 0. The van der Waals surface area contributed by atoms with Crippen LogP contribution < -0.4 is 0 Å². The Morgan fingerprint density at radius 1 is 1.33 bits per heavy atom. The molecule has 88 valence electrons. The topological polar surface area (TPSA) is 3.24 Å². The van der Waals surface area contributed by atoms with Crippen LogP contribution >= 0.6 is 0 Å². The van der Waals surface area contributed by atoms with Crippen molar-refractivity contribution >= 4 is 0 Å². The molecule has 1 heteroatoms. The average molecular weight is 209 g/mol. The third-order valence-electron chi connectivity index (χ3n) is 2.88. The van der Waals surface area contributed by atoms with Crippen molar-refractivity contribution in [3.8, 4) is 0 Å². The third kappa shape index (κ3) is 7.38. The second kappa shape index (κ2) is 8.72. The molecule has 0 N–H and O–H groups in total. The fourth-order valence-electron chi connectivity index (χ4n) is 1.57. The predicted octanol–water partition coefficient (Wildman–Crippen LogP) is 3.88. The lowest BCUT2D eigenvalue weighted by Gasteiger charge is -2.18. The van der Waals surface area contributed by atoms with Crippen LogP contribution in [0.15, 0.2) is 24.3 Å². The summed E-state index contributed by atoms with van der Waals surface area (Å²) in [5.74, 6) is 0.641. The summed E-state index contributed by atoms with van der Waals surface area (Å²) in [6, 6.07) is 0. The van der Waals surface area contributed by atoms with Gasteiger partial charge in [-0.15, -0.1) is 6.58 Å². The summed E-state index contributed by atoms with van der Waals surface area (Å²) in [5, 5.41) is 0. The van der Waals surface area contributed by atoms with Gasteiger partial charge in [0.15, 0.2) is 0 Å². The Bertz CT molecular complexity index is 190. The van der Waals surface area contributed by atoms with Crippen molar-refractivity contribution in [2.75, 3.05) is 19.6 Å². The summed E-state index contributed by atoms with van der Waals surface area (Å²) in [6.45, 7) is 16.1. The van der Waals surface area contributed by atoms with Crippen molar-refractivity contribution in [1.82, 2.24) is 4.90 Å². The maximum absolute atomic E-state index is 3.80. The van der Waals surface area contributed by atoms with Crippen molar-refractivity contribution in [3.63, 3.8) is 0 Å². The third-order valence-corrected chi connectivity index (χ3v) is 2.88. The Balaban J connectivity index is 3.82. The molecule has 1 nitrogen and oxygen atoms in total. The molecule has 15 heavy (non-hydrogen) atoms. The van der Waals surface area contributed by atoms with Crippen LogP contribution in [0.5, 0.6) is 0 Å². The van der Waals surface area contributed by atoms with Crippen LogP contribution in [0.3, 0.4) is 0 Å². The summed E-state index contributed by atoms with van der Waals surface area (Å²) in [5.41, 5.74) is 1.50. The standard InChI is InChI=1S/C14H27N/c1-6-13(4)10-9-11-14(5)12-15(7-2)8-3/h6,11,13H,1,7-10,12H2,2-5H3. The van der Waals surface area contributed by atoms with E-state index in [2.05, 4.69) is 45.2 Å². The first-order chi connectivity index (χ1) is 7.13. The van der Waals surface area contributed by atoms with Crippen molar-refractivity contribution in [1.29, 1.82) is 0 Å². The molecule has 1 atom stereocenters. The lowest BCUT2D eigenvalue weighted by Crippen LogP contribution is -2.24. The van der Waals surface area contributed by atoms with Crippen molar-refractivity contribution in [3.05, 3.63) is 24.3 Å². The summed E-state index contributed by atoms with van der Waals surface area (Å²) in [6.07, 6.45) is 6.81. The summed E-state index contributed by atoms with van der Waals surface area (Å²) < 4.78 is 0. The quantitative estimate of drug-likeness (QED) is 0.548. The smallest absolute Gasteiger partial charge is 0.0189 e. The molecule has 0 heterocycles. The minimum absolute atomic E-state index is 0.641. The Kier molecular flexibility index (Phi) is 8.40. The molecule has 0 aromatic rings. The van der Waals surface area contributed by atoms with Crippen LogP contribution in [0, 0.1) is 5.92 Å². The zero-order valence-corrected chi connectivity index (χ0v) is 10.9. The van der Waals surface area contributed by atoms with E-state index < -0.39 is 0 Å². The molecule has 0 rings (SSSR count). The molecule has 0 aliphatic heterocycles. The van der Waals surface area contributed by atoms with E-state index in [0.29, 0.717) is 5.92 Å². The zero-order chi connectivity index (χ0) is 11.7. The first kappa shape index (κ1) is 14.4. The largest absolute Gasteiger partial charge is 0.300 e. The normalized spacial score (nSPS) is 14.3. The first-order valence-electron chi connectivity index (χ1n) is 6.14. The van der Waals surface area contributed by atoms with Crippen molar-refractivity contribution in [2.24, 2.45) is 5.92 Å². The first-order valence-corrected chi connectivity index (χ1v) is 6.14. The fraction of sp³-hybridized carbons (Fsp3) is 0.714.